The van der Waals surface area contributed by atoms with Crippen LogP contribution in [0.1, 0.15) is 18.9 Å². The number of fused-ring (bicyclic) bond motifs is 3. The zero-order chi connectivity index (χ0) is 15.0. The molecule has 3 rings (SSSR count). The predicted octanol–water partition coefficient (Wildman–Crippen LogP) is 3.65. The second kappa shape index (κ2) is 5.37. The molecular weight excluding hydrogens is 286 g/mol. The third-order valence-corrected chi connectivity index (χ3v) is 3.83. The summed E-state index contributed by atoms with van der Waals surface area (Å²) in [6.07, 6.45) is 4.24. The second-order valence-corrected chi connectivity index (χ2v) is 5.45. The van der Waals surface area contributed by atoms with Crippen LogP contribution in [0.25, 0.3) is 11.3 Å². The van der Waals surface area contributed by atoms with Crippen LogP contribution in [-0.4, -0.2) is 15.7 Å². The Bertz CT molecular complexity index is 720. The van der Waals surface area contributed by atoms with Crippen LogP contribution in [-0.2, 0) is 17.9 Å². The smallest absolute Gasteiger partial charge is 0.227 e. The lowest BCUT2D eigenvalue weighted by atomic mass is 10.00. The average molecular weight is 302 g/mol. The molecule has 21 heavy (non-hydrogen) atoms. The molecule has 0 atom stereocenters. The summed E-state index contributed by atoms with van der Waals surface area (Å²) in [5.41, 5.74) is 3.72. The molecule has 0 bridgehead atoms. The van der Waals surface area contributed by atoms with E-state index in [-0.39, 0.29) is 5.91 Å². The van der Waals surface area contributed by atoms with Crippen molar-refractivity contribution in [1.82, 2.24) is 9.78 Å². The van der Waals surface area contributed by atoms with Crippen molar-refractivity contribution < 1.29 is 4.79 Å². The van der Waals surface area contributed by atoms with Crippen molar-refractivity contribution in [3.05, 3.63) is 47.6 Å². The molecule has 4 nitrogen and oxygen atoms in total. The van der Waals surface area contributed by atoms with Crippen LogP contribution in [0, 0.1) is 0 Å². The molecule has 1 amide bonds. The van der Waals surface area contributed by atoms with Gasteiger partial charge < -0.3 is 4.90 Å². The standard InChI is InChI=1S/C16H16ClN3O/c1-3-7-19-9-11-10-20(15(21)4-2)14-6-5-12(17)8-13(14)16(11)18-19/h3,5-6,8-9H,1,4,7,10H2,2H3. The topological polar surface area (TPSA) is 38.1 Å². The molecule has 2 aromatic rings. The van der Waals surface area contributed by atoms with Gasteiger partial charge in [-0.3, -0.25) is 9.48 Å². The normalized spacial score (nSPS) is 12.8. The summed E-state index contributed by atoms with van der Waals surface area (Å²) < 4.78 is 1.84. The Labute approximate surface area is 128 Å². The van der Waals surface area contributed by atoms with Crippen LogP contribution in [0.3, 0.4) is 0 Å². The number of allylic oxidation sites excluding steroid dienone is 1. The van der Waals surface area contributed by atoms with E-state index in [0.717, 1.165) is 22.5 Å². The molecule has 0 saturated carbocycles. The fourth-order valence-corrected chi connectivity index (χ4v) is 2.81. The number of hydrogen-bond acceptors (Lipinski definition) is 2. The van der Waals surface area contributed by atoms with Crippen molar-refractivity contribution in [2.24, 2.45) is 0 Å². The average Bonchev–Trinajstić information content (AvgIpc) is 2.88. The zero-order valence-corrected chi connectivity index (χ0v) is 12.6. The molecule has 0 unspecified atom stereocenters. The number of aromatic nitrogens is 2. The molecule has 1 aromatic carbocycles. The number of benzene rings is 1. The number of hydrogen-bond donors (Lipinski definition) is 0. The van der Waals surface area contributed by atoms with Gasteiger partial charge in [-0.25, -0.2) is 0 Å². The highest BCUT2D eigenvalue weighted by molar-refractivity contribution is 6.31. The van der Waals surface area contributed by atoms with E-state index >= 15 is 0 Å². The molecule has 1 aliphatic heterocycles. The maximum Gasteiger partial charge on any atom is 0.227 e. The first-order chi connectivity index (χ1) is 10.1. The summed E-state index contributed by atoms with van der Waals surface area (Å²) >= 11 is 6.12. The minimum Gasteiger partial charge on any atom is -0.307 e. The van der Waals surface area contributed by atoms with Crippen molar-refractivity contribution in [3.8, 4) is 11.3 Å². The van der Waals surface area contributed by atoms with Gasteiger partial charge in [-0.2, -0.15) is 5.10 Å². The van der Waals surface area contributed by atoms with Gasteiger partial charge >= 0.3 is 0 Å². The molecule has 0 saturated heterocycles. The summed E-state index contributed by atoms with van der Waals surface area (Å²) in [6.45, 7) is 6.79. The molecule has 0 aliphatic carbocycles. The van der Waals surface area contributed by atoms with Crippen molar-refractivity contribution in [1.29, 1.82) is 0 Å². The van der Waals surface area contributed by atoms with E-state index < -0.39 is 0 Å². The summed E-state index contributed by atoms with van der Waals surface area (Å²) in [7, 11) is 0. The second-order valence-electron chi connectivity index (χ2n) is 5.01. The lowest BCUT2D eigenvalue weighted by molar-refractivity contribution is -0.118. The third kappa shape index (κ3) is 2.36. The lowest BCUT2D eigenvalue weighted by Gasteiger charge is -2.28. The van der Waals surface area contributed by atoms with E-state index in [2.05, 4.69) is 11.7 Å². The summed E-state index contributed by atoms with van der Waals surface area (Å²) in [5.74, 6) is 0.0979. The Hall–Kier alpha value is -2.07. The molecule has 0 radical (unpaired) electrons. The molecule has 108 valence electrons. The SMILES string of the molecule is C=CCn1cc2c(n1)-c1cc(Cl)ccc1N(C(=O)CC)C2. The van der Waals surface area contributed by atoms with E-state index in [4.69, 9.17) is 11.6 Å². The summed E-state index contributed by atoms with van der Waals surface area (Å²) in [4.78, 5) is 14.0. The van der Waals surface area contributed by atoms with Gasteiger partial charge in [0.25, 0.3) is 0 Å². The molecule has 0 fully saturated rings. The number of carbonyl (C=O) groups is 1. The Balaban J connectivity index is 2.16. The monoisotopic (exact) mass is 301 g/mol. The highest BCUT2D eigenvalue weighted by atomic mass is 35.5. The number of anilines is 1. The van der Waals surface area contributed by atoms with Gasteiger partial charge in [-0.1, -0.05) is 24.6 Å². The van der Waals surface area contributed by atoms with E-state index in [1.165, 1.54) is 0 Å². The van der Waals surface area contributed by atoms with Crippen molar-refractivity contribution >= 4 is 23.2 Å². The first kappa shape index (κ1) is 13.9. The van der Waals surface area contributed by atoms with E-state index in [1.807, 2.05) is 36.0 Å². The van der Waals surface area contributed by atoms with Gasteiger partial charge in [0.15, 0.2) is 0 Å². The highest BCUT2D eigenvalue weighted by Crippen LogP contribution is 2.39. The minimum absolute atomic E-state index is 0.0979. The molecule has 5 heteroatoms. The number of nitrogens with zero attached hydrogens (tertiary/aromatic N) is 3. The van der Waals surface area contributed by atoms with Gasteiger partial charge in [-0.05, 0) is 18.2 Å². The van der Waals surface area contributed by atoms with Gasteiger partial charge in [0.2, 0.25) is 5.91 Å². The Kier molecular flexibility index (Phi) is 3.55. The number of carbonyl (C=O) groups excluding carboxylic acids is 1. The van der Waals surface area contributed by atoms with Gasteiger partial charge in [-0.15, -0.1) is 6.58 Å². The first-order valence-electron chi connectivity index (χ1n) is 6.91. The van der Waals surface area contributed by atoms with Gasteiger partial charge in [0.1, 0.15) is 0 Å². The van der Waals surface area contributed by atoms with Gasteiger partial charge in [0, 0.05) is 28.8 Å². The highest BCUT2D eigenvalue weighted by Gasteiger charge is 2.28. The first-order valence-corrected chi connectivity index (χ1v) is 7.29. The molecule has 0 spiro atoms. The quantitative estimate of drug-likeness (QED) is 0.812. The molecular formula is C16H16ClN3O. The van der Waals surface area contributed by atoms with Crippen LogP contribution in [0.5, 0.6) is 0 Å². The third-order valence-electron chi connectivity index (χ3n) is 3.59. The van der Waals surface area contributed by atoms with Crippen molar-refractivity contribution in [3.63, 3.8) is 0 Å². The van der Waals surface area contributed by atoms with Crippen molar-refractivity contribution in [2.45, 2.75) is 26.4 Å². The van der Waals surface area contributed by atoms with E-state index in [9.17, 15) is 4.79 Å². The Morgan fingerprint density at radius 3 is 3.05 bits per heavy atom. The maximum atomic E-state index is 12.2. The number of rotatable bonds is 3. The fraction of sp³-hybridized carbons (Fsp3) is 0.250. The largest absolute Gasteiger partial charge is 0.307 e. The predicted molar refractivity (Wildman–Crippen MR) is 84.4 cm³/mol. The fourth-order valence-electron chi connectivity index (χ4n) is 2.63. The molecule has 0 N–H and O–H groups in total. The molecule has 2 heterocycles. The summed E-state index contributed by atoms with van der Waals surface area (Å²) in [5, 5.41) is 5.23. The van der Waals surface area contributed by atoms with Crippen LogP contribution < -0.4 is 4.90 Å². The minimum atomic E-state index is 0.0979. The summed E-state index contributed by atoms with van der Waals surface area (Å²) in [6, 6.07) is 5.57. The Morgan fingerprint density at radius 2 is 2.33 bits per heavy atom. The van der Waals surface area contributed by atoms with Crippen LogP contribution in [0.15, 0.2) is 37.1 Å². The van der Waals surface area contributed by atoms with E-state index in [1.54, 1.807) is 11.0 Å². The van der Waals surface area contributed by atoms with Crippen LogP contribution in [0.4, 0.5) is 5.69 Å². The lowest BCUT2D eigenvalue weighted by Crippen LogP contribution is -2.32. The van der Waals surface area contributed by atoms with Gasteiger partial charge in [0.05, 0.1) is 24.5 Å². The molecule has 1 aliphatic rings. The van der Waals surface area contributed by atoms with Crippen LogP contribution >= 0.6 is 11.6 Å². The zero-order valence-electron chi connectivity index (χ0n) is 11.8. The molecule has 1 aromatic heterocycles. The van der Waals surface area contributed by atoms with E-state index in [0.29, 0.717) is 24.5 Å². The maximum absolute atomic E-state index is 12.2. The number of amides is 1. The van der Waals surface area contributed by atoms with Crippen molar-refractivity contribution in [2.75, 3.05) is 4.90 Å². The van der Waals surface area contributed by atoms with Crippen LogP contribution in [0.2, 0.25) is 5.02 Å². The Morgan fingerprint density at radius 1 is 1.52 bits per heavy atom. The number of halogens is 1.